The van der Waals surface area contributed by atoms with E-state index in [1.165, 1.54) is 0 Å². The SMILES string of the molecule is CC[C@@H](O)[C@@H](CC)Nc1nc(NCc2cccnc2)c2ncn(C(C)C)c2n1. The van der Waals surface area contributed by atoms with E-state index < -0.39 is 6.10 Å². The number of rotatable bonds is 9. The van der Waals surface area contributed by atoms with E-state index in [0.717, 1.165) is 23.1 Å². The van der Waals surface area contributed by atoms with Crippen molar-refractivity contribution >= 4 is 22.9 Å². The second-order valence-electron chi connectivity index (χ2n) is 7.16. The second-order valence-corrected chi connectivity index (χ2v) is 7.16. The third-order valence-corrected chi connectivity index (χ3v) is 4.80. The number of pyridine rings is 1. The molecule has 0 radical (unpaired) electrons. The van der Waals surface area contributed by atoms with Crippen LogP contribution in [-0.2, 0) is 6.54 Å². The number of aliphatic hydroxyl groups excluding tert-OH is 1. The Labute approximate surface area is 165 Å². The summed E-state index contributed by atoms with van der Waals surface area (Å²) in [6.45, 7) is 8.77. The van der Waals surface area contributed by atoms with Crippen LogP contribution in [0.2, 0.25) is 0 Å². The van der Waals surface area contributed by atoms with Gasteiger partial charge in [0.1, 0.15) is 0 Å². The van der Waals surface area contributed by atoms with Crippen LogP contribution in [0.15, 0.2) is 30.9 Å². The van der Waals surface area contributed by atoms with Crippen molar-refractivity contribution in [1.29, 1.82) is 0 Å². The fourth-order valence-corrected chi connectivity index (χ4v) is 3.09. The van der Waals surface area contributed by atoms with Crippen molar-refractivity contribution in [2.75, 3.05) is 10.6 Å². The molecule has 0 aliphatic rings. The Morgan fingerprint density at radius 3 is 2.64 bits per heavy atom. The molecule has 3 heterocycles. The van der Waals surface area contributed by atoms with Gasteiger partial charge in [0.2, 0.25) is 5.95 Å². The molecule has 0 aliphatic heterocycles. The molecule has 0 bridgehead atoms. The molecule has 0 amide bonds. The molecule has 0 fully saturated rings. The number of fused-ring (bicyclic) bond motifs is 1. The zero-order valence-electron chi connectivity index (χ0n) is 16.9. The van der Waals surface area contributed by atoms with Crippen molar-refractivity contribution in [3.63, 3.8) is 0 Å². The van der Waals surface area contributed by atoms with Crippen LogP contribution in [0.1, 0.15) is 52.1 Å². The number of nitrogens with zero attached hydrogens (tertiary/aromatic N) is 5. The number of hydrogen-bond acceptors (Lipinski definition) is 7. The lowest BCUT2D eigenvalue weighted by Crippen LogP contribution is -2.33. The van der Waals surface area contributed by atoms with E-state index in [1.807, 2.05) is 36.7 Å². The van der Waals surface area contributed by atoms with Crippen molar-refractivity contribution in [2.24, 2.45) is 0 Å². The van der Waals surface area contributed by atoms with E-state index in [0.29, 0.717) is 24.7 Å². The first-order valence-corrected chi connectivity index (χ1v) is 9.85. The van der Waals surface area contributed by atoms with Crippen LogP contribution in [0.5, 0.6) is 0 Å². The minimum Gasteiger partial charge on any atom is -0.391 e. The Balaban J connectivity index is 1.95. The Kier molecular flexibility index (Phi) is 6.41. The van der Waals surface area contributed by atoms with Gasteiger partial charge in [0.05, 0.1) is 18.5 Å². The van der Waals surface area contributed by atoms with Gasteiger partial charge < -0.3 is 20.3 Å². The molecule has 3 rings (SSSR count). The first-order chi connectivity index (χ1) is 13.5. The molecule has 0 saturated carbocycles. The van der Waals surface area contributed by atoms with Gasteiger partial charge in [-0.2, -0.15) is 9.97 Å². The van der Waals surface area contributed by atoms with Crippen LogP contribution in [-0.4, -0.2) is 41.8 Å². The largest absolute Gasteiger partial charge is 0.391 e. The van der Waals surface area contributed by atoms with Gasteiger partial charge >= 0.3 is 0 Å². The van der Waals surface area contributed by atoms with Crippen molar-refractivity contribution in [2.45, 2.75) is 65.3 Å². The highest BCUT2D eigenvalue weighted by atomic mass is 16.3. The zero-order chi connectivity index (χ0) is 20.1. The summed E-state index contributed by atoms with van der Waals surface area (Å²) in [6, 6.07) is 4.03. The van der Waals surface area contributed by atoms with Gasteiger partial charge in [0.15, 0.2) is 17.0 Å². The third-order valence-electron chi connectivity index (χ3n) is 4.80. The van der Waals surface area contributed by atoms with Gasteiger partial charge in [0.25, 0.3) is 0 Å². The van der Waals surface area contributed by atoms with Crippen LogP contribution in [0, 0.1) is 0 Å². The van der Waals surface area contributed by atoms with Crippen molar-refractivity contribution in [3.8, 4) is 0 Å². The van der Waals surface area contributed by atoms with Crippen LogP contribution in [0.4, 0.5) is 11.8 Å². The number of nitrogens with one attached hydrogen (secondary N) is 2. The molecule has 0 aliphatic carbocycles. The molecule has 0 unspecified atom stereocenters. The molecule has 2 atom stereocenters. The van der Waals surface area contributed by atoms with Gasteiger partial charge in [-0.1, -0.05) is 19.9 Å². The van der Waals surface area contributed by atoms with Crippen molar-refractivity contribution in [1.82, 2.24) is 24.5 Å². The molecule has 150 valence electrons. The molecule has 3 N–H and O–H groups in total. The summed E-state index contributed by atoms with van der Waals surface area (Å²) in [5.41, 5.74) is 2.55. The average Bonchev–Trinajstić information content (AvgIpc) is 3.14. The van der Waals surface area contributed by atoms with Crippen molar-refractivity contribution < 1.29 is 5.11 Å². The van der Waals surface area contributed by atoms with Crippen LogP contribution in [0.25, 0.3) is 11.2 Å². The van der Waals surface area contributed by atoms with Crippen LogP contribution >= 0.6 is 0 Å². The Morgan fingerprint density at radius 1 is 1.18 bits per heavy atom. The van der Waals surface area contributed by atoms with Gasteiger partial charge in [-0.05, 0) is 38.3 Å². The number of aromatic nitrogens is 5. The maximum atomic E-state index is 10.3. The molecule has 8 heteroatoms. The van der Waals surface area contributed by atoms with Crippen LogP contribution in [0.3, 0.4) is 0 Å². The summed E-state index contributed by atoms with van der Waals surface area (Å²) in [5, 5.41) is 16.9. The van der Waals surface area contributed by atoms with Gasteiger partial charge in [-0.3, -0.25) is 4.98 Å². The zero-order valence-corrected chi connectivity index (χ0v) is 16.9. The molecule has 0 spiro atoms. The first kappa shape index (κ1) is 20.0. The number of imidazole rings is 1. The number of anilines is 2. The van der Waals surface area contributed by atoms with Gasteiger partial charge in [-0.25, -0.2) is 4.98 Å². The van der Waals surface area contributed by atoms with Gasteiger partial charge in [-0.15, -0.1) is 0 Å². The molecule has 8 nitrogen and oxygen atoms in total. The normalized spacial score (nSPS) is 13.6. The molecule has 0 saturated heterocycles. The second kappa shape index (κ2) is 8.97. The molecule has 28 heavy (non-hydrogen) atoms. The molecular weight excluding hydrogens is 354 g/mol. The summed E-state index contributed by atoms with van der Waals surface area (Å²) in [4.78, 5) is 18.0. The summed E-state index contributed by atoms with van der Waals surface area (Å²) in [7, 11) is 0. The Hall–Kier alpha value is -2.74. The number of aliphatic hydroxyl groups is 1. The minimum atomic E-state index is -0.453. The highest BCUT2D eigenvalue weighted by Crippen LogP contribution is 2.24. The fraction of sp³-hybridized carbons (Fsp3) is 0.500. The van der Waals surface area contributed by atoms with Crippen LogP contribution < -0.4 is 10.6 Å². The van der Waals surface area contributed by atoms with E-state index in [2.05, 4.69) is 39.4 Å². The fourth-order valence-electron chi connectivity index (χ4n) is 3.09. The standard InChI is InChI=1S/C20H29N7O/c1-5-15(16(28)6-2)24-20-25-18(22-11-14-8-7-9-21-10-14)17-19(26-20)27(12-23-17)13(3)4/h7-10,12-13,15-16,28H,5-6,11H2,1-4H3,(H2,22,24,25,26)/t15-,16-/m1/s1. The molecule has 0 aromatic carbocycles. The van der Waals surface area contributed by atoms with Crippen molar-refractivity contribution in [3.05, 3.63) is 36.4 Å². The highest BCUT2D eigenvalue weighted by molar-refractivity contribution is 5.84. The summed E-state index contributed by atoms with van der Waals surface area (Å²) in [5.74, 6) is 1.15. The van der Waals surface area contributed by atoms with E-state index in [9.17, 15) is 5.11 Å². The maximum Gasteiger partial charge on any atom is 0.227 e. The Morgan fingerprint density at radius 2 is 2.00 bits per heavy atom. The number of hydrogen-bond donors (Lipinski definition) is 3. The smallest absolute Gasteiger partial charge is 0.227 e. The summed E-state index contributed by atoms with van der Waals surface area (Å²) >= 11 is 0. The topological polar surface area (TPSA) is 101 Å². The predicted molar refractivity (Wildman–Crippen MR) is 111 cm³/mol. The maximum absolute atomic E-state index is 10.3. The predicted octanol–water partition coefficient (Wildman–Crippen LogP) is 3.38. The van der Waals surface area contributed by atoms with Gasteiger partial charge in [0, 0.05) is 25.0 Å². The Bertz CT molecular complexity index is 894. The minimum absolute atomic E-state index is 0.107. The molecule has 3 aromatic heterocycles. The van der Waals surface area contributed by atoms with E-state index in [1.54, 1.807) is 12.5 Å². The summed E-state index contributed by atoms with van der Waals surface area (Å²) < 4.78 is 2.02. The van der Waals surface area contributed by atoms with E-state index in [4.69, 9.17) is 4.98 Å². The van der Waals surface area contributed by atoms with E-state index >= 15 is 0 Å². The lowest BCUT2D eigenvalue weighted by atomic mass is 10.1. The van der Waals surface area contributed by atoms with E-state index in [-0.39, 0.29) is 12.1 Å². The lowest BCUT2D eigenvalue weighted by Gasteiger charge is -2.22. The first-order valence-electron chi connectivity index (χ1n) is 9.85. The molecular formula is C20H29N7O. The summed E-state index contributed by atoms with van der Waals surface area (Å²) in [6.07, 6.45) is 6.36. The average molecular weight is 384 g/mol. The molecule has 3 aromatic rings. The highest BCUT2D eigenvalue weighted by Gasteiger charge is 2.19. The monoisotopic (exact) mass is 383 g/mol. The lowest BCUT2D eigenvalue weighted by molar-refractivity contribution is 0.146. The third kappa shape index (κ3) is 4.39. The quantitative estimate of drug-likeness (QED) is 0.521.